The van der Waals surface area contributed by atoms with Gasteiger partial charge in [-0.1, -0.05) is 130 Å². The third-order valence-corrected chi connectivity index (χ3v) is 9.45. The fourth-order valence-electron chi connectivity index (χ4n) is 4.46. The van der Waals surface area contributed by atoms with E-state index in [0.29, 0.717) is 0 Å². The SMILES string of the molecule is CCC(C)C(C)C(C)C(C)C(C)C(C)C(C)C(C)C(C)CC.CCC(C)CC.[3HH].[3H]C#C.[3H]C[3H].[3H][3H]. The zero-order valence-electron chi connectivity index (χ0n) is 29.4. The topological polar surface area (TPSA) is 0 Å². The monoisotopic (exact) mass is 455 g/mol. The molecule has 0 bridgehead atoms. The zero-order chi connectivity index (χ0) is 30.0. The van der Waals surface area contributed by atoms with Crippen LogP contribution in [-0.2, 0) is 0 Å². The Balaban J connectivity index is -0.000000132. The van der Waals surface area contributed by atoms with Gasteiger partial charge in [-0.3, -0.25) is 0 Å². The number of hydrogen-bond donors (Lipinski definition) is 0. The molecule has 0 aromatic carbocycles. The van der Waals surface area contributed by atoms with Crippen LogP contribution in [0, 0.1) is 72.0 Å². The molecule has 0 rings (SSSR count). The molecule has 194 valence electrons. The predicted octanol–water partition coefficient (Wildman–Crippen LogP) is 11.4. The molecule has 0 fully saturated rings. The number of hydrogen-bond acceptors (Lipinski definition) is 0. The average Bonchev–Trinajstić information content (AvgIpc) is 2.90. The Labute approximate surface area is 210 Å². The summed E-state index contributed by atoms with van der Waals surface area (Å²) in [6.45, 7) is 33.7. The molecule has 0 aromatic rings. The Morgan fingerprint density at radius 3 is 0.935 bits per heavy atom. The second-order valence-corrected chi connectivity index (χ2v) is 10.7. The summed E-state index contributed by atoms with van der Waals surface area (Å²) >= 11 is 0. The van der Waals surface area contributed by atoms with E-state index in [1.165, 1.54) is 32.1 Å². The minimum absolute atomic E-state index is 0. The highest BCUT2D eigenvalue weighted by molar-refractivity contribution is 4.82. The third-order valence-electron chi connectivity index (χ3n) is 9.45. The van der Waals surface area contributed by atoms with E-state index in [0.717, 1.165) is 59.2 Å². The molecule has 0 aliphatic heterocycles. The first-order valence-electron chi connectivity index (χ1n) is 16.1. The van der Waals surface area contributed by atoms with E-state index in [1.54, 1.807) is 0 Å². The second kappa shape index (κ2) is 21.4. The molecule has 0 nitrogen and oxygen atoms in total. The Bertz CT molecular complexity index is 421. The molecule has 0 saturated carbocycles. The van der Waals surface area contributed by atoms with Crippen molar-refractivity contribution >= 4 is 0 Å². The van der Waals surface area contributed by atoms with Crippen molar-refractivity contribution in [3.8, 4) is 12.8 Å². The second-order valence-electron chi connectivity index (χ2n) is 10.7. The molecule has 8 atom stereocenters. The van der Waals surface area contributed by atoms with Gasteiger partial charge in [-0.25, -0.2) is 0 Å². The lowest BCUT2D eigenvalue weighted by molar-refractivity contribution is 0.0898. The Morgan fingerprint density at radius 2 is 0.806 bits per heavy atom. The van der Waals surface area contributed by atoms with Crippen LogP contribution in [0.2, 0.25) is 0 Å². The molecule has 0 spiro atoms. The van der Waals surface area contributed by atoms with Crippen molar-refractivity contribution in [3.05, 3.63) is 0 Å². The lowest BCUT2D eigenvalue weighted by Crippen LogP contribution is -2.33. The maximum Gasteiger partial charge on any atom is 0.124 e. The van der Waals surface area contributed by atoms with Gasteiger partial charge in [0.2, 0.25) is 0 Å². The van der Waals surface area contributed by atoms with Gasteiger partial charge in [0.25, 0.3) is 0 Å². The molecule has 0 heteroatoms. The molecular weight excluding hydrogens is 372 g/mol. The molecule has 0 aliphatic rings. The van der Waals surface area contributed by atoms with E-state index in [2.05, 4.69) is 103 Å². The third kappa shape index (κ3) is 14.3. The van der Waals surface area contributed by atoms with Crippen LogP contribution in [0.15, 0.2) is 0 Å². The lowest BCUT2D eigenvalue weighted by atomic mass is 9.66. The highest BCUT2D eigenvalue weighted by atomic mass is 14.4. The fourth-order valence-corrected chi connectivity index (χ4v) is 4.46. The van der Waals surface area contributed by atoms with E-state index >= 15 is 0 Å². The van der Waals surface area contributed by atoms with Crippen LogP contribution in [0.1, 0.15) is 139 Å². The average molecular weight is 455 g/mol. The summed E-state index contributed by atoms with van der Waals surface area (Å²) in [5.74, 6) is 8.35. The van der Waals surface area contributed by atoms with Crippen molar-refractivity contribution in [3.63, 3.8) is 0 Å². The molecule has 0 aliphatic carbocycles. The molecule has 0 N–H and O–H groups in total. The number of rotatable bonds is 12. The Morgan fingerprint density at radius 1 is 0.613 bits per heavy atom. The summed E-state index contributed by atoms with van der Waals surface area (Å²) in [5, 5.41) is 0. The van der Waals surface area contributed by atoms with Gasteiger partial charge in [-0.15, -0.1) is 12.8 Å². The summed E-state index contributed by atoms with van der Waals surface area (Å²) in [5.41, 5.74) is 0. The molecule has 0 radical (unpaired) electrons. The van der Waals surface area contributed by atoms with Crippen LogP contribution in [0.25, 0.3) is 0 Å². The van der Waals surface area contributed by atoms with Crippen LogP contribution in [0.5, 0.6) is 0 Å². The normalized spacial score (nSPS) is 20.6. The van der Waals surface area contributed by atoms with Gasteiger partial charge in [0.05, 0.1) is 0 Å². The first kappa shape index (κ1) is 28.6. The van der Waals surface area contributed by atoms with E-state index < -0.39 is 0 Å². The van der Waals surface area contributed by atoms with Crippen LogP contribution >= 0.6 is 0 Å². The van der Waals surface area contributed by atoms with Crippen molar-refractivity contribution < 1.29 is 8.51 Å². The maximum atomic E-state index is 5.88. The molecular formula is C31H70. The quantitative estimate of drug-likeness (QED) is 0.257. The molecule has 0 amide bonds. The van der Waals surface area contributed by atoms with Crippen LogP contribution < -0.4 is 0 Å². The van der Waals surface area contributed by atoms with Crippen LogP contribution in [-0.4, -0.2) is 0 Å². The van der Waals surface area contributed by atoms with Gasteiger partial charge in [0.1, 0.15) is 1.37 Å². The van der Waals surface area contributed by atoms with Crippen molar-refractivity contribution in [2.24, 2.45) is 59.2 Å². The van der Waals surface area contributed by atoms with Gasteiger partial charge >= 0.3 is 0 Å². The number of terminal acetylenes is 1. The molecule has 0 heterocycles. The van der Waals surface area contributed by atoms with Gasteiger partial charge in [0, 0.05) is 7.14 Å². The van der Waals surface area contributed by atoms with Crippen molar-refractivity contribution in [2.45, 2.75) is 130 Å². The first-order chi connectivity index (χ1) is 16.7. The molecule has 0 aromatic heterocycles. The molecule has 0 saturated heterocycles. The van der Waals surface area contributed by atoms with E-state index in [-0.39, 0.29) is 8.81 Å². The van der Waals surface area contributed by atoms with E-state index in [4.69, 9.17) is 7.08 Å². The van der Waals surface area contributed by atoms with Gasteiger partial charge in [-0.05, 0) is 59.2 Å². The minimum Gasteiger partial charge on any atom is -0.124 e. The van der Waals surface area contributed by atoms with Crippen molar-refractivity contribution in [1.82, 2.24) is 0 Å². The van der Waals surface area contributed by atoms with Crippen LogP contribution in [0.4, 0.5) is 0 Å². The zero-order valence-corrected chi connectivity index (χ0v) is 24.4. The predicted molar refractivity (Wildman–Crippen MR) is 154 cm³/mol. The smallest absolute Gasteiger partial charge is 0.124 e. The summed E-state index contributed by atoms with van der Waals surface area (Å²) in [7, 11) is -0.250. The minimum atomic E-state index is -0.250. The van der Waals surface area contributed by atoms with Crippen molar-refractivity contribution in [1.29, 1.82) is 0 Å². The first-order valence-corrected chi connectivity index (χ1v) is 13.2. The molecule has 8 unspecified atom stereocenters. The van der Waals surface area contributed by atoms with Crippen molar-refractivity contribution in [2.75, 3.05) is 0 Å². The summed E-state index contributed by atoms with van der Waals surface area (Å²) in [6, 6.07) is 0. The van der Waals surface area contributed by atoms with E-state index in [9.17, 15) is 0 Å². The van der Waals surface area contributed by atoms with Gasteiger partial charge in [0.15, 0.2) is 0 Å². The van der Waals surface area contributed by atoms with Gasteiger partial charge in [-0.2, -0.15) is 0 Å². The van der Waals surface area contributed by atoms with Crippen LogP contribution in [0.3, 0.4) is 0 Å². The summed E-state index contributed by atoms with van der Waals surface area (Å²) in [4.78, 5) is 0. The lowest BCUT2D eigenvalue weighted by Gasteiger charge is -2.40. The largest absolute Gasteiger partial charge is 0.124 e. The highest BCUT2D eigenvalue weighted by Crippen LogP contribution is 2.40. The standard InChI is InChI=1S/C22H46.C6H14.C2H2.CH4.2H2/c1-12-14(3)16(5)18(7)20(9)22(11)21(10)19(8)17(6)15(4)13-2;1-4-6(3)5-2;1-2;;;/h14-22H,12-13H2,1-11H3;6H,4-5H2,1-3H3;1-2H;1H4;2*1H/i;;1T;1T2;1+2T;1+2. The fraction of sp³-hybridized carbons (Fsp3) is 0.935. The summed E-state index contributed by atoms with van der Waals surface area (Å²) in [6.07, 6.45) is 11.0. The Kier molecular flexibility index (Phi) is 19.7. The molecule has 31 heavy (non-hydrogen) atoms. The highest BCUT2D eigenvalue weighted by Gasteiger charge is 2.33. The maximum absolute atomic E-state index is 5.88. The Hall–Kier alpha value is -0.440. The van der Waals surface area contributed by atoms with E-state index in [1.807, 2.05) is 0 Å². The van der Waals surface area contributed by atoms with Gasteiger partial charge < -0.3 is 0 Å². The summed E-state index contributed by atoms with van der Waals surface area (Å²) < 4.78 is 27.5.